The summed E-state index contributed by atoms with van der Waals surface area (Å²) in [7, 11) is 0. The second-order valence-corrected chi connectivity index (χ2v) is 6.98. The molecule has 2 aromatic rings. The van der Waals surface area contributed by atoms with Crippen LogP contribution in [-0.2, 0) is 0 Å². The fourth-order valence-electron chi connectivity index (χ4n) is 2.19. The number of amides is 1. The van der Waals surface area contributed by atoms with Gasteiger partial charge in [-0.1, -0.05) is 52.7 Å². The standard InChI is InChI=1S/C15H16BrClN2OS/c1-3-8-19(14(20)13-9-21-15(17)18-13)10(2)11-6-4-5-7-12(11)16/h4-7,9-10H,3,8H2,1-2H3/t10-/m0/s1. The minimum Gasteiger partial charge on any atom is -0.330 e. The molecule has 0 radical (unpaired) electrons. The zero-order chi connectivity index (χ0) is 15.4. The van der Waals surface area contributed by atoms with Gasteiger partial charge >= 0.3 is 0 Å². The Morgan fingerprint density at radius 3 is 2.76 bits per heavy atom. The van der Waals surface area contributed by atoms with Crippen molar-refractivity contribution in [2.24, 2.45) is 0 Å². The van der Waals surface area contributed by atoms with Crippen LogP contribution in [0.2, 0.25) is 4.47 Å². The average Bonchev–Trinajstić information content (AvgIpc) is 2.90. The van der Waals surface area contributed by atoms with E-state index in [2.05, 4.69) is 27.8 Å². The molecule has 0 aliphatic heterocycles. The first-order valence-corrected chi connectivity index (χ1v) is 8.76. The van der Waals surface area contributed by atoms with Gasteiger partial charge in [0, 0.05) is 16.4 Å². The van der Waals surface area contributed by atoms with Gasteiger partial charge < -0.3 is 4.90 Å². The van der Waals surface area contributed by atoms with Crippen molar-refractivity contribution >= 4 is 44.8 Å². The summed E-state index contributed by atoms with van der Waals surface area (Å²) in [6, 6.07) is 7.92. The zero-order valence-corrected chi connectivity index (χ0v) is 15.0. The van der Waals surface area contributed by atoms with E-state index in [-0.39, 0.29) is 11.9 Å². The van der Waals surface area contributed by atoms with Gasteiger partial charge in [0.15, 0.2) is 4.47 Å². The number of rotatable bonds is 5. The smallest absolute Gasteiger partial charge is 0.273 e. The highest BCUT2D eigenvalue weighted by molar-refractivity contribution is 9.10. The molecule has 0 spiro atoms. The van der Waals surface area contributed by atoms with Crippen LogP contribution in [0.1, 0.15) is 42.4 Å². The van der Waals surface area contributed by atoms with E-state index in [0.29, 0.717) is 16.7 Å². The van der Waals surface area contributed by atoms with Gasteiger partial charge in [-0.2, -0.15) is 0 Å². The molecular weight excluding hydrogens is 372 g/mol. The van der Waals surface area contributed by atoms with Crippen molar-refractivity contribution < 1.29 is 4.79 Å². The number of carbonyl (C=O) groups is 1. The van der Waals surface area contributed by atoms with Crippen LogP contribution in [-0.4, -0.2) is 22.3 Å². The van der Waals surface area contributed by atoms with E-state index in [4.69, 9.17) is 11.6 Å². The van der Waals surface area contributed by atoms with Crippen molar-refractivity contribution in [2.45, 2.75) is 26.3 Å². The molecule has 1 aromatic carbocycles. The van der Waals surface area contributed by atoms with Crippen molar-refractivity contribution in [3.8, 4) is 0 Å². The number of thiazole rings is 1. The molecule has 0 aliphatic rings. The van der Waals surface area contributed by atoms with E-state index in [1.807, 2.05) is 36.1 Å². The normalized spacial score (nSPS) is 12.2. The lowest BCUT2D eigenvalue weighted by molar-refractivity contribution is 0.0685. The van der Waals surface area contributed by atoms with Crippen LogP contribution in [0, 0.1) is 0 Å². The molecular formula is C15H16BrClN2OS. The predicted octanol–water partition coefficient (Wildman–Crippen LogP) is 5.17. The molecule has 2 rings (SSSR count). The van der Waals surface area contributed by atoms with Crippen molar-refractivity contribution in [2.75, 3.05) is 6.54 Å². The van der Waals surface area contributed by atoms with E-state index in [1.54, 1.807) is 5.38 Å². The largest absolute Gasteiger partial charge is 0.330 e. The molecule has 1 aromatic heterocycles. The summed E-state index contributed by atoms with van der Waals surface area (Å²) >= 11 is 10.7. The second-order valence-electron chi connectivity index (χ2n) is 4.68. The Kier molecular flexibility index (Phi) is 5.79. The molecule has 112 valence electrons. The summed E-state index contributed by atoms with van der Waals surface area (Å²) in [6.07, 6.45) is 0.887. The summed E-state index contributed by atoms with van der Waals surface area (Å²) in [5, 5.41) is 1.71. The molecule has 6 heteroatoms. The Morgan fingerprint density at radius 1 is 1.48 bits per heavy atom. The molecule has 0 bridgehead atoms. The van der Waals surface area contributed by atoms with Crippen LogP contribution in [0.5, 0.6) is 0 Å². The number of carbonyl (C=O) groups excluding carboxylic acids is 1. The summed E-state index contributed by atoms with van der Waals surface area (Å²) in [5.74, 6) is -0.0803. The van der Waals surface area contributed by atoms with Gasteiger partial charge in [0.2, 0.25) is 0 Å². The molecule has 1 heterocycles. The maximum atomic E-state index is 12.7. The minimum absolute atomic E-state index is 0.0338. The van der Waals surface area contributed by atoms with Crippen molar-refractivity contribution in [3.05, 3.63) is 49.8 Å². The number of benzene rings is 1. The lowest BCUT2D eigenvalue weighted by Crippen LogP contribution is -2.34. The third-order valence-electron chi connectivity index (χ3n) is 3.24. The maximum absolute atomic E-state index is 12.7. The van der Waals surface area contributed by atoms with Crippen LogP contribution >= 0.6 is 38.9 Å². The third-order valence-corrected chi connectivity index (χ3v) is 4.94. The summed E-state index contributed by atoms with van der Waals surface area (Å²) < 4.78 is 1.39. The van der Waals surface area contributed by atoms with E-state index in [1.165, 1.54) is 11.3 Å². The highest BCUT2D eigenvalue weighted by atomic mass is 79.9. The van der Waals surface area contributed by atoms with E-state index >= 15 is 0 Å². The van der Waals surface area contributed by atoms with Gasteiger partial charge in [-0.25, -0.2) is 4.98 Å². The Hall–Kier alpha value is -0.910. The number of aromatic nitrogens is 1. The van der Waals surface area contributed by atoms with Crippen molar-refractivity contribution in [3.63, 3.8) is 0 Å². The summed E-state index contributed by atoms with van der Waals surface area (Å²) in [4.78, 5) is 18.6. The molecule has 3 nitrogen and oxygen atoms in total. The lowest BCUT2D eigenvalue weighted by atomic mass is 10.1. The highest BCUT2D eigenvalue weighted by Gasteiger charge is 2.24. The number of hydrogen-bond donors (Lipinski definition) is 0. The Balaban J connectivity index is 2.30. The number of nitrogens with zero attached hydrogens (tertiary/aromatic N) is 2. The van der Waals surface area contributed by atoms with Gasteiger partial charge in [-0.15, -0.1) is 11.3 Å². The fourth-order valence-corrected chi connectivity index (χ4v) is 3.55. The van der Waals surface area contributed by atoms with Gasteiger partial charge in [0.1, 0.15) is 5.69 Å². The van der Waals surface area contributed by atoms with Crippen molar-refractivity contribution in [1.82, 2.24) is 9.88 Å². The average molecular weight is 388 g/mol. The monoisotopic (exact) mass is 386 g/mol. The lowest BCUT2D eigenvalue weighted by Gasteiger charge is -2.29. The fraction of sp³-hybridized carbons (Fsp3) is 0.333. The molecule has 1 atom stereocenters. The van der Waals surface area contributed by atoms with Crippen LogP contribution in [0.15, 0.2) is 34.1 Å². The first kappa shape index (κ1) is 16.5. The Labute approximate surface area is 142 Å². The van der Waals surface area contributed by atoms with E-state index < -0.39 is 0 Å². The Bertz CT molecular complexity index is 632. The van der Waals surface area contributed by atoms with Gasteiger partial charge in [-0.3, -0.25) is 4.79 Å². The molecule has 1 amide bonds. The van der Waals surface area contributed by atoms with Crippen LogP contribution in [0.4, 0.5) is 0 Å². The molecule has 0 aliphatic carbocycles. The van der Waals surface area contributed by atoms with E-state index in [9.17, 15) is 4.79 Å². The van der Waals surface area contributed by atoms with Crippen LogP contribution in [0.25, 0.3) is 0 Å². The molecule has 0 unspecified atom stereocenters. The number of hydrogen-bond acceptors (Lipinski definition) is 3. The SMILES string of the molecule is CCCN(C(=O)c1csc(Cl)n1)[C@@H](C)c1ccccc1Br. The number of halogens is 2. The molecule has 21 heavy (non-hydrogen) atoms. The zero-order valence-electron chi connectivity index (χ0n) is 11.8. The van der Waals surface area contributed by atoms with Crippen LogP contribution in [0.3, 0.4) is 0 Å². The molecule has 0 fully saturated rings. The Morgan fingerprint density at radius 2 is 2.19 bits per heavy atom. The summed E-state index contributed by atoms with van der Waals surface area (Å²) in [6.45, 7) is 4.76. The van der Waals surface area contributed by atoms with Gasteiger partial charge in [0.05, 0.1) is 6.04 Å². The first-order chi connectivity index (χ1) is 10.0. The second kappa shape index (κ2) is 7.38. The molecule has 0 saturated carbocycles. The van der Waals surface area contributed by atoms with E-state index in [0.717, 1.165) is 16.5 Å². The third kappa shape index (κ3) is 3.84. The van der Waals surface area contributed by atoms with Gasteiger partial charge in [0.25, 0.3) is 5.91 Å². The molecule has 0 saturated heterocycles. The summed E-state index contributed by atoms with van der Waals surface area (Å²) in [5.41, 5.74) is 1.50. The first-order valence-electron chi connectivity index (χ1n) is 6.71. The maximum Gasteiger partial charge on any atom is 0.273 e. The predicted molar refractivity (Wildman–Crippen MR) is 91.0 cm³/mol. The van der Waals surface area contributed by atoms with Crippen molar-refractivity contribution in [1.29, 1.82) is 0 Å². The highest BCUT2D eigenvalue weighted by Crippen LogP contribution is 2.29. The molecule has 0 N–H and O–H groups in total. The topological polar surface area (TPSA) is 33.2 Å². The quantitative estimate of drug-likeness (QED) is 0.709. The van der Waals surface area contributed by atoms with Gasteiger partial charge in [-0.05, 0) is 25.0 Å². The minimum atomic E-state index is -0.0803. The van der Waals surface area contributed by atoms with Crippen LogP contribution < -0.4 is 0 Å².